The summed E-state index contributed by atoms with van der Waals surface area (Å²) < 4.78 is 12.1. The van der Waals surface area contributed by atoms with Gasteiger partial charge in [-0.15, -0.1) is 0 Å². The molecule has 2 amide bonds. The number of nitrogens with zero attached hydrogens (tertiary/aromatic N) is 3. The molecule has 1 heterocycles. The number of carbonyl (C=O) groups excluding carboxylic acids is 2. The average Bonchev–Trinajstić information content (AvgIpc) is 3.01. The Kier molecular flexibility index (Phi) is 10.7. The number of hydrogen-bond donors (Lipinski definition) is 0. The topological polar surface area (TPSA) is 64.0 Å². The second-order valence-electron chi connectivity index (χ2n) is 5.83. The molecule has 1 rings (SSSR count). The van der Waals surface area contributed by atoms with Crippen molar-refractivity contribution in [3.8, 4) is 0 Å². The molecule has 0 aliphatic carbocycles. The largest absolute Gasteiger partial charge is 0.385 e. The molecule has 0 atom stereocenters. The van der Waals surface area contributed by atoms with Crippen molar-refractivity contribution in [3.05, 3.63) is 24.0 Å². The molecule has 26 heavy (non-hydrogen) atoms. The highest BCUT2D eigenvalue weighted by atomic mass is 35.5. The van der Waals surface area contributed by atoms with Crippen molar-refractivity contribution in [2.75, 3.05) is 47.1 Å². The van der Waals surface area contributed by atoms with Crippen LogP contribution in [-0.2, 0) is 32.7 Å². The molecule has 0 saturated heterocycles. The molecule has 1 aromatic rings. The summed E-state index contributed by atoms with van der Waals surface area (Å²) in [5, 5.41) is 0. The lowest BCUT2D eigenvalue weighted by molar-refractivity contribution is -0.140. The van der Waals surface area contributed by atoms with Crippen LogP contribution in [0.25, 0.3) is 0 Å². The Bertz CT molecular complexity index is 566. The molecule has 0 radical (unpaired) electrons. The van der Waals surface area contributed by atoms with Crippen LogP contribution < -0.4 is 0 Å². The van der Waals surface area contributed by atoms with Crippen LogP contribution in [0, 0.1) is 0 Å². The van der Waals surface area contributed by atoms with Crippen LogP contribution in [0.2, 0.25) is 0 Å². The second kappa shape index (κ2) is 12.2. The van der Waals surface area contributed by atoms with Crippen LogP contribution in [0.1, 0.15) is 12.1 Å². The minimum atomic E-state index is -1.20. The number of rotatable bonds is 12. The van der Waals surface area contributed by atoms with Crippen molar-refractivity contribution in [2.24, 2.45) is 7.05 Å². The zero-order valence-electron chi connectivity index (χ0n) is 15.5. The predicted molar refractivity (Wildman–Crippen MR) is 101 cm³/mol. The van der Waals surface area contributed by atoms with Gasteiger partial charge in [-0.25, -0.2) is 0 Å². The van der Waals surface area contributed by atoms with Gasteiger partial charge in [0.2, 0.25) is 5.91 Å². The van der Waals surface area contributed by atoms with Crippen LogP contribution in [0.15, 0.2) is 18.3 Å². The molecule has 0 spiro atoms. The van der Waals surface area contributed by atoms with Crippen molar-refractivity contribution in [2.45, 2.75) is 17.8 Å². The minimum Gasteiger partial charge on any atom is -0.385 e. The molecule has 0 aromatic carbocycles. The van der Waals surface area contributed by atoms with Gasteiger partial charge in [0.1, 0.15) is 0 Å². The summed E-state index contributed by atoms with van der Waals surface area (Å²) in [4.78, 5) is 26.8. The van der Waals surface area contributed by atoms with E-state index in [1.807, 2.05) is 29.9 Å². The molecular formula is C17H27Cl2N3O4. The number of carbonyl (C=O) groups is 2. The zero-order chi connectivity index (χ0) is 19.5. The lowest BCUT2D eigenvalue weighted by Gasteiger charge is -2.28. The van der Waals surface area contributed by atoms with E-state index in [4.69, 9.17) is 32.7 Å². The second-order valence-corrected chi connectivity index (χ2v) is 6.92. The first-order valence-electron chi connectivity index (χ1n) is 8.33. The predicted octanol–water partition coefficient (Wildman–Crippen LogP) is 1.67. The maximum absolute atomic E-state index is 12.8. The van der Waals surface area contributed by atoms with Crippen molar-refractivity contribution in [1.82, 2.24) is 14.4 Å². The van der Waals surface area contributed by atoms with Crippen LogP contribution in [0.5, 0.6) is 0 Å². The number of aryl methyl sites for hydroxylation is 1. The average molecular weight is 408 g/mol. The third-order valence-electron chi connectivity index (χ3n) is 3.92. The fraction of sp³-hybridized carbons (Fsp3) is 0.647. The molecule has 148 valence electrons. The standard InChI is InChI=1S/C17H27Cl2N3O4/c1-20-7-4-6-14(20)12-21(9-11-26-3)15(23)13-22(8-5-10-25-2)17(24)16(18)19/h4,6-7,16H,5,8-13H2,1-3H3. The first-order valence-corrected chi connectivity index (χ1v) is 9.20. The first-order chi connectivity index (χ1) is 12.4. The van der Waals surface area contributed by atoms with Crippen molar-refractivity contribution in [3.63, 3.8) is 0 Å². The fourth-order valence-electron chi connectivity index (χ4n) is 2.42. The van der Waals surface area contributed by atoms with Gasteiger partial charge >= 0.3 is 0 Å². The van der Waals surface area contributed by atoms with E-state index in [1.54, 1.807) is 19.1 Å². The summed E-state index contributed by atoms with van der Waals surface area (Å²) in [5.41, 5.74) is 0.985. The van der Waals surface area contributed by atoms with Crippen molar-refractivity contribution >= 4 is 35.0 Å². The fourth-order valence-corrected chi connectivity index (χ4v) is 2.69. The van der Waals surface area contributed by atoms with E-state index in [1.165, 1.54) is 4.90 Å². The van der Waals surface area contributed by atoms with Gasteiger partial charge < -0.3 is 23.8 Å². The molecule has 0 aliphatic heterocycles. The van der Waals surface area contributed by atoms with Gasteiger partial charge in [0, 0.05) is 52.9 Å². The minimum absolute atomic E-state index is 0.0907. The molecule has 1 aromatic heterocycles. The van der Waals surface area contributed by atoms with Gasteiger partial charge in [0.15, 0.2) is 4.84 Å². The van der Waals surface area contributed by atoms with E-state index in [-0.39, 0.29) is 12.5 Å². The lowest BCUT2D eigenvalue weighted by Crippen LogP contribution is -2.45. The van der Waals surface area contributed by atoms with E-state index in [2.05, 4.69) is 0 Å². The number of ether oxygens (including phenoxy) is 2. The maximum atomic E-state index is 12.8. The smallest absolute Gasteiger partial charge is 0.256 e. The zero-order valence-corrected chi connectivity index (χ0v) is 17.0. The molecule has 0 saturated carbocycles. The van der Waals surface area contributed by atoms with Crippen LogP contribution >= 0.6 is 23.2 Å². The lowest BCUT2D eigenvalue weighted by atomic mass is 10.3. The van der Waals surface area contributed by atoms with Gasteiger partial charge in [0.05, 0.1) is 19.7 Å². The van der Waals surface area contributed by atoms with Crippen LogP contribution in [0.4, 0.5) is 0 Å². The summed E-state index contributed by atoms with van der Waals surface area (Å²) in [6, 6.07) is 3.86. The monoisotopic (exact) mass is 407 g/mol. The highest BCUT2D eigenvalue weighted by Gasteiger charge is 2.25. The van der Waals surface area contributed by atoms with E-state index in [0.717, 1.165) is 5.69 Å². The van der Waals surface area contributed by atoms with E-state index in [0.29, 0.717) is 39.3 Å². The summed E-state index contributed by atoms with van der Waals surface area (Å²) in [6.07, 6.45) is 2.51. The first kappa shape index (κ1) is 22.8. The Morgan fingerprint density at radius 1 is 1.15 bits per heavy atom. The maximum Gasteiger partial charge on any atom is 0.256 e. The Labute approximate surface area is 164 Å². The number of halogens is 2. The molecule has 0 N–H and O–H groups in total. The molecule has 0 unspecified atom stereocenters. The number of alkyl halides is 2. The summed E-state index contributed by atoms with van der Waals surface area (Å²) in [7, 11) is 5.08. The third kappa shape index (κ3) is 7.53. The molecule has 0 bridgehead atoms. The van der Waals surface area contributed by atoms with Crippen molar-refractivity contribution < 1.29 is 19.1 Å². The number of hydrogen-bond acceptors (Lipinski definition) is 4. The van der Waals surface area contributed by atoms with Crippen LogP contribution in [0.3, 0.4) is 0 Å². The molecule has 0 fully saturated rings. The third-order valence-corrected chi connectivity index (χ3v) is 4.30. The Morgan fingerprint density at radius 2 is 1.85 bits per heavy atom. The number of aromatic nitrogens is 1. The summed E-state index contributed by atoms with van der Waals surface area (Å²) >= 11 is 11.4. The quantitative estimate of drug-likeness (QED) is 0.390. The Balaban J connectivity index is 2.81. The molecule has 0 aliphatic rings. The van der Waals surface area contributed by atoms with Gasteiger partial charge in [-0.05, 0) is 18.6 Å². The van der Waals surface area contributed by atoms with Gasteiger partial charge in [0.25, 0.3) is 5.91 Å². The highest BCUT2D eigenvalue weighted by Crippen LogP contribution is 2.10. The number of methoxy groups -OCH3 is 2. The molecule has 9 heteroatoms. The highest BCUT2D eigenvalue weighted by molar-refractivity contribution is 6.53. The Hall–Kier alpha value is -1.28. The molecule has 7 nitrogen and oxygen atoms in total. The molecular weight excluding hydrogens is 381 g/mol. The van der Waals surface area contributed by atoms with Gasteiger partial charge in [-0.2, -0.15) is 0 Å². The van der Waals surface area contributed by atoms with E-state index >= 15 is 0 Å². The normalized spacial score (nSPS) is 11.0. The van der Waals surface area contributed by atoms with Gasteiger partial charge in [-0.1, -0.05) is 23.2 Å². The summed E-state index contributed by atoms with van der Waals surface area (Å²) in [5.74, 6) is -0.675. The van der Waals surface area contributed by atoms with Crippen molar-refractivity contribution in [1.29, 1.82) is 0 Å². The Morgan fingerprint density at radius 3 is 2.38 bits per heavy atom. The van der Waals surface area contributed by atoms with Gasteiger partial charge in [-0.3, -0.25) is 9.59 Å². The van der Waals surface area contributed by atoms with E-state index in [9.17, 15) is 9.59 Å². The summed E-state index contributed by atoms with van der Waals surface area (Å²) in [6.45, 7) is 1.98. The van der Waals surface area contributed by atoms with Crippen LogP contribution in [-0.4, -0.2) is 78.1 Å². The SMILES string of the molecule is COCCCN(CC(=O)N(CCOC)Cc1cccn1C)C(=O)C(Cl)Cl. The van der Waals surface area contributed by atoms with E-state index < -0.39 is 10.7 Å². The number of amides is 2.